The molecule has 1 aliphatic heterocycles. The molecule has 0 amide bonds. The van der Waals surface area contributed by atoms with Crippen LogP contribution in [-0.4, -0.2) is 13.1 Å². The molecule has 164 valence electrons. The van der Waals surface area contributed by atoms with Crippen LogP contribution in [0.5, 0.6) is 0 Å². The average molecular weight is 413 g/mol. The number of carbonyl (C=O) groups is 1. The van der Waals surface area contributed by atoms with E-state index in [-0.39, 0.29) is 5.97 Å². The predicted molar refractivity (Wildman–Crippen MR) is 121 cm³/mol. The number of ether oxygens (including phenoxy) is 2. The Morgan fingerprint density at radius 2 is 1.90 bits per heavy atom. The van der Waals surface area contributed by atoms with Crippen molar-refractivity contribution in [1.82, 2.24) is 0 Å². The van der Waals surface area contributed by atoms with Crippen LogP contribution >= 0.6 is 0 Å². The van der Waals surface area contributed by atoms with Gasteiger partial charge in [-0.15, -0.1) is 0 Å². The summed E-state index contributed by atoms with van der Waals surface area (Å²) in [6, 6.07) is 2.03. The summed E-state index contributed by atoms with van der Waals surface area (Å²) in [7, 11) is 1.57. The van der Waals surface area contributed by atoms with Gasteiger partial charge in [0.2, 0.25) is 0 Å². The molecule has 1 aliphatic rings. The molecule has 30 heavy (non-hydrogen) atoms. The van der Waals surface area contributed by atoms with E-state index in [1.54, 1.807) is 20.3 Å². The highest BCUT2D eigenvalue weighted by molar-refractivity contribution is 5.93. The Balaban J connectivity index is 1.66. The molecule has 0 bridgehead atoms. The maximum absolute atomic E-state index is 11.7. The van der Waals surface area contributed by atoms with Crippen molar-refractivity contribution in [3.05, 3.63) is 70.6 Å². The lowest BCUT2D eigenvalue weighted by molar-refractivity contribution is -0.133. The van der Waals surface area contributed by atoms with Crippen LogP contribution in [0.25, 0.3) is 0 Å². The van der Waals surface area contributed by atoms with Crippen LogP contribution in [0.1, 0.15) is 71.8 Å². The Morgan fingerprint density at radius 3 is 2.60 bits per heavy atom. The van der Waals surface area contributed by atoms with E-state index in [0.717, 1.165) is 44.9 Å². The quantitative estimate of drug-likeness (QED) is 0.272. The molecule has 0 fully saturated rings. The van der Waals surface area contributed by atoms with Gasteiger partial charge in [-0.3, -0.25) is 0 Å². The number of hydrogen-bond donors (Lipinski definition) is 0. The second kappa shape index (κ2) is 12.3. The zero-order valence-electron chi connectivity index (χ0n) is 19.1. The van der Waals surface area contributed by atoms with E-state index in [9.17, 15) is 4.79 Å². The van der Waals surface area contributed by atoms with Gasteiger partial charge in [0.25, 0.3) is 0 Å². The Morgan fingerprint density at radius 1 is 1.17 bits per heavy atom. The van der Waals surface area contributed by atoms with Crippen LogP contribution in [0, 0.1) is 5.92 Å². The molecule has 0 radical (unpaired) electrons. The minimum absolute atomic E-state index is 0.310. The molecular weight excluding hydrogens is 376 g/mol. The molecule has 0 aliphatic carbocycles. The van der Waals surface area contributed by atoms with Crippen LogP contribution < -0.4 is 0 Å². The number of cyclic esters (lactones) is 1. The first-order chi connectivity index (χ1) is 14.4. The highest BCUT2D eigenvalue weighted by Gasteiger charge is 2.27. The molecule has 0 unspecified atom stereocenters. The first kappa shape index (κ1) is 23.8. The van der Waals surface area contributed by atoms with Crippen molar-refractivity contribution >= 4 is 5.97 Å². The molecular formula is C26H36O4. The van der Waals surface area contributed by atoms with E-state index in [4.69, 9.17) is 13.9 Å². The minimum atomic E-state index is -0.310. The van der Waals surface area contributed by atoms with E-state index >= 15 is 0 Å². The van der Waals surface area contributed by atoms with Crippen molar-refractivity contribution in [1.29, 1.82) is 0 Å². The number of furan rings is 1. The molecule has 1 atom stereocenters. The van der Waals surface area contributed by atoms with Crippen LogP contribution in [0.2, 0.25) is 0 Å². The number of carbonyl (C=O) groups excluding carboxylic acids is 1. The molecule has 0 spiro atoms. The fraction of sp³-hybridized carbons (Fsp3) is 0.500. The van der Waals surface area contributed by atoms with Crippen molar-refractivity contribution in [2.75, 3.05) is 7.11 Å². The Bertz CT molecular complexity index is 806. The number of allylic oxidation sites excluding steroid dienone is 5. The monoisotopic (exact) mass is 412 g/mol. The molecule has 1 aromatic rings. The van der Waals surface area contributed by atoms with Gasteiger partial charge in [0, 0.05) is 0 Å². The summed E-state index contributed by atoms with van der Waals surface area (Å²) in [5, 5.41) is 0. The Labute approximate surface area is 181 Å². The number of hydrogen-bond acceptors (Lipinski definition) is 4. The highest BCUT2D eigenvalue weighted by atomic mass is 16.6. The van der Waals surface area contributed by atoms with Gasteiger partial charge in [0.05, 0.1) is 25.2 Å². The van der Waals surface area contributed by atoms with Gasteiger partial charge >= 0.3 is 5.97 Å². The third kappa shape index (κ3) is 7.74. The van der Waals surface area contributed by atoms with Gasteiger partial charge in [-0.25, -0.2) is 4.79 Å². The molecule has 2 rings (SSSR count). The molecule has 4 nitrogen and oxygen atoms in total. The smallest absolute Gasteiger partial charge is 0.343 e. The maximum Gasteiger partial charge on any atom is 0.343 e. The minimum Gasteiger partial charge on any atom is -0.492 e. The average Bonchev–Trinajstić information content (AvgIpc) is 3.30. The number of esters is 1. The second-order valence-corrected chi connectivity index (χ2v) is 8.26. The summed E-state index contributed by atoms with van der Waals surface area (Å²) in [5.74, 6) is 1.15. The number of aryl methyl sites for hydroxylation is 1. The standard InChI is InChI=1S/C26H36O4/c1-19(9-6-10-20(2)12-8-14-23-15-16-29-18-23)11-7-13-21(3)17-24-25(28-5)22(4)26(27)30-24/h9,12,15-18,21H,6-8,10-11,13-14H2,1-5H3/b19-9+,20-12+,24-17-/t21-/m0/s1. The van der Waals surface area contributed by atoms with Crippen LogP contribution in [0.3, 0.4) is 0 Å². The predicted octanol–water partition coefficient (Wildman–Crippen LogP) is 7.05. The first-order valence-electron chi connectivity index (χ1n) is 10.9. The van der Waals surface area contributed by atoms with E-state index in [1.165, 1.54) is 16.7 Å². The van der Waals surface area contributed by atoms with Crippen molar-refractivity contribution in [2.45, 2.75) is 72.6 Å². The van der Waals surface area contributed by atoms with Crippen molar-refractivity contribution < 1.29 is 18.7 Å². The van der Waals surface area contributed by atoms with Crippen LogP contribution in [0.15, 0.2) is 69.5 Å². The van der Waals surface area contributed by atoms with Gasteiger partial charge in [0.1, 0.15) is 0 Å². The lowest BCUT2D eigenvalue weighted by Crippen LogP contribution is -1.98. The lowest BCUT2D eigenvalue weighted by atomic mass is 9.99. The van der Waals surface area contributed by atoms with Crippen molar-refractivity contribution in [2.24, 2.45) is 5.92 Å². The Hall–Kier alpha value is -2.49. The summed E-state index contributed by atoms with van der Waals surface area (Å²) in [5.41, 5.74) is 4.70. The van der Waals surface area contributed by atoms with Crippen molar-refractivity contribution in [3.8, 4) is 0 Å². The molecule has 2 heterocycles. The normalized spacial score (nSPS) is 17.6. The first-order valence-corrected chi connectivity index (χ1v) is 10.9. The fourth-order valence-corrected chi connectivity index (χ4v) is 3.58. The molecule has 0 saturated heterocycles. The van der Waals surface area contributed by atoms with E-state index in [0.29, 0.717) is 23.0 Å². The van der Waals surface area contributed by atoms with E-state index in [1.807, 2.05) is 18.4 Å². The van der Waals surface area contributed by atoms with Crippen LogP contribution in [-0.2, 0) is 20.7 Å². The van der Waals surface area contributed by atoms with Crippen molar-refractivity contribution in [3.63, 3.8) is 0 Å². The summed E-state index contributed by atoms with van der Waals surface area (Å²) in [6.45, 7) is 8.32. The zero-order chi connectivity index (χ0) is 21.9. The van der Waals surface area contributed by atoms with E-state index < -0.39 is 0 Å². The summed E-state index contributed by atoms with van der Waals surface area (Å²) < 4.78 is 15.7. The van der Waals surface area contributed by atoms with Gasteiger partial charge < -0.3 is 13.9 Å². The van der Waals surface area contributed by atoms with Gasteiger partial charge in [-0.1, -0.05) is 30.2 Å². The maximum atomic E-state index is 11.7. The second-order valence-electron chi connectivity index (χ2n) is 8.26. The largest absolute Gasteiger partial charge is 0.492 e. The van der Waals surface area contributed by atoms with Crippen LogP contribution in [0.4, 0.5) is 0 Å². The number of rotatable bonds is 12. The summed E-state index contributed by atoms with van der Waals surface area (Å²) in [6.07, 6.45) is 17.8. The third-order valence-electron chi connectivity index (χ3n) is 5.48. The number of methoxy groups -OCH3 is 1. The van der Waals surface area contributed by atoms with Gasteiger partial charge in [-0.2, -0.15) is 0 Å². The SMILES string of the molecule is COC1=C(C)C(=O)O/C1=C\[C@@H](C)CCC/C(C)=C/CC/C(C)=C/CCc1ccoc1. The lowest BCUT2D eigenvalue weighted by Gasteiger charge is -2.09. The third-order valence-corrected chi connectivity index (χ3v) is 5.48. The highest BCUT2D eigenvalue weighted by Crippen LogP contribution is 2.28. The summed E-state index contributed by atoms with van der Waals surface area (Å²) >= 11 is 0. The molecule has 0 aromatic carbocycles. The topological polar surface area (TPSA) is 48.7 Å². The molecule has 4 heteroatoms. The zero-order valence-corrected chi connectivity index (χ0v) is 19.1. The van der Waals surface area contributed by atoms with E-state index in [2.05, 4.69) is 32.9 Å². The molecule has 0 N–H and O–H groups in total. The molecule has 1 aromatic heterocycles. The summed E-state index contributed by atoms with van der Waals surface area (Å²) in [4.78, 5) is 11.7. The fourth-order valence-electron chi connectivity index (χ4n) is 3.58. The van der Waals surface area contributed by atoms with Gasteiger partial charge in [0.15, 0.2) is 11.5 Å². The Kier molecular flexibility index (Phi) is 9.72. The molecule has 0 saturated carbocycles. The van der Waals surface area contributed by atoms with Gasteiger partial charge in [-0.05, 0) is 89.3 Å².